The second-order valence-electron chi connectivity index (χ2n) is 3.82. The zero-order valence-corrected chi connectivity index (χ0v) is 10.2. The van der Waals surface area contributed by atoms with Crippen LogP contribution in [0.4, 0.5) is 5.69 Å². The van der Waals surface area contributed by atoms with Crippen molar-refractivity contribution in [3.63, 3.8) is 0 Å². The lowest BCUT2D eigenvalue weighted by Crippen LogP contribution is -2.20. The molecule has 0 aromatic heterocycles. The number of anilines is 1. The monoisotopic (exact) mass is 246 g/mol. The average molecular weight is 247 g/mol. The molecule has 17 heavy (non-hydrogen) atoms. The van der Waals surface area contributed by atoms with Gasteiger partial charge in [0.2, 0.25) is 0 Å². The van der Waals surface area contributed by atoms with Crippen LogP contribution in [0.25, 0.3) is 0 Å². The smallest absolute Gasteiger partial charge is 0.0637 e. The fourth-order valence-electron chi connectivity index (χ4n) is 1.73. The van der Waals surface area contributed by atoms with Crippen molar-refractivity contribution in [1.82, 2.24) is 0 Å². The van der Waals surface area contributed by atoms with E-state index in [1.165, 1.54) is 0 Å². The van der Waals surface area contributed by atoms with Crippen LogP contribution in [-0.2, 0) is 0 Å². The van der Waals surface area contributed by atoms with Gasteiger partial charge in [0.1, 0.15) is 0 Å². The number of hydrogen-bond donors (Lipinski definition) is 2. The van der Waals surface area contributed by atoms with Gasteiger partial charge >= 0.3 is 0 Å². The number of hydrogen-bond acceptors (Lipinski definition) is 2. The Hall–Kier alpha value is -1.51. The summed E-state index contributed by atoms with van der Waals surface area (Å²) in [6, 6.07) is 17.9. The molecule has 1 atom stereocenters. The second kappa shape index (κ2) is 5.71. The predicted octanol–water partition coefficient (Wildman–Crippen LogP) is 3.45. The van der Waals surface area contributed by atoms with Gasteiger partial charge in [0.05, 0.1) is 16.8 Å². The second-order valence-corrected chi connectivity index (χ2v) is 4.23. The van der Waals surface area contributed by atoms with Gasteiger partial charge in [-0.15, -0.1) is 0 Å². The van der Waals surface area contributed by atoms with Crippen LogP contribution < -0.4 is 11.1 Å². The molecule has 0 spiro atoms. The molecule has 3 heteroatoms. The summed E-state index contributed by atoms with van der Waals surface area (Å²) in [7, 11) is 0. The number of para-hydroxylation sites is 1. The molecule has 0 heterocycles. The van der Waals surface area contributed by atoms with E-state index in [1.807, 2.05) is 42.5 Å². The molecule has 2 aromatic rings. The average Bonchev–Trinajstić information content (AvgIpc) is 2.39. The van der Waals surface area contributed by atoms with Gasteiger partial charge in [-0.05, 0) is 17.7 Å². The Morgan fingerprint density at radius 2 is 1.65 bits per heavy atom. The first-order chi connectivity index (χ1) is 8.31. The molecule has 3 N–H and O–H groups in total. The normalized spacial score (nSPS) is 12.1. The molecule has 0 bridgehead atoms. The van der Waals surface area contributed by atoms with E-state index in [9.17, 15) is 0 Å². The molecule has 88 valence electrons. The summed E-state index contributed by atoms with van der Waals surface area (Å²) < 4.78 is 0. The highest BCUT2D eigenvalue weighted by molar-refractivity contribution is 6.33. The molecule has 0 aliphatic rings. The third-order valence-electron chi connectivity index (χ3n) is 2.64. The maximum atomic E-state index is 6.11. The van der Waals surface area contributed by atoms with Gasteiger partial charge in [-0.3, -0.25) is 0 Å². The van der Waals surface area contributed by atoms with E-state index >= 15 is 0 Å². The Kier molecular flexibility index (Phi) is 4.02. The lowest BCUT2D eigenvalue weighted by atomic mass is 10.1. The lowest BCUT2D eigenvalue weighted by Gasteiger charge is -2.19. The van der Waals surface area contributed by atoms with Crippen LogP contribution in [0.1, 0.15) is 11.6 Å². The van der Waals surface area contributed by atoms with E-state index in [0.717, 1.165) is 11.3 Å². The van der Waals surface area contributed by atoms with Gasteiger partial charge in [0, 0.05) is 6.54 Å². The lowest BCUT2D eigenvalue weighted by molar-refractivity contribution is 0.790. The molecule has 0 amide bonds. The molecule has 0 radical (unpaired) electrons. The molecule has 2 nitrogen and oxygen atoms in total. The number of rotatable bonds is 4. The fraction of sp³-hybridized carbons (Fsp3) is 0.143. The minimum absolute atomic E-state index is 0.0797. The largest absolute Gasteiger partial charge is 0.376 e. The molecule has 0 aliphatic heterocycles. The van der Waals surface area contributed by atoms with Crippen LogP contribution in [0, 0.1) is 0 Å². The topological polar surface area (TPSA) is 38.0 Å². The van der Waals surface area contributed by atoms with Crippen LogP contribution in [0.15, 0.2) is 54.6 Å². The highest BCUT2D eigenvalue weighted by Gasteiger charge is 2.09. The van der Waals surface area contributed by atoms with Crippen LogP contribution in [0.3, 0.4) is 0 Å². The summed E-state index contributed by atoms with van der Waals surface area (Å²) >= 11 is 6.11. The van der Waals surface area contributed by atoms with Crippen molar-refractivity contribution in [3.05, 3.63) is 65.2 Å². The zero-order valence-electron chi connectivity index (χ0n) is 9.44. The van der Waals surface area contributed by atoms with Crippen molar-refractivity contribution in [3.8, 4) is 0 Å². The first-order valence-electron chi connectivity index (χ1n) is 5.57. The van der Waals surface area contributed by atoms with Crippen molar-refractivity contribution in [2.24, 2.45) is 5.73 Å². The highest BCUT2D eigenvalue weighted by Crippen LogP contribution is 2.25. The Bertz CT molecular complexity index is 471. The van der Waals surface area contributed by atoms with E-state index in [4.69, 9.17) is 17.3 Å². The number of benzene rings is 2. The SMILES string of the molecule is NCC(Nc1ccccc1Cl)c1ccccc1. The van der Waals surface area contributed by atoms with E-state index in [-0.39, 0.29) is 6.04 Å². The summed E-state index contributed by atoms with van der Waals surface area (Å²) in [5.41, 5.74) is 7.87. The van der Waals surface area contributed by atoms with Gasteiger partial charge in [0.15, 0.2) is 0 Å². The van der Waals surface area contributed by atoms with Crippen LogP contribution in [-0.4, -0.2) is 6.54 Å². The third kappa shape index (κ3) is 2.99. The minimum Gasteiger partial charge on any atom is -0.376 e. The van der Waals surface area contributed by atoms with Crippen LogP contribution in [0.5, 0.6) is 0 Å². The van der Waals surface area contributed by atoms with E-state index in [0.29, 0.717) is 11.6 Å². The zero-order chi connectivity index (χ0) is 12.1. The van der Waals surface area contributed by atoms with Gasteiger partial charge in [0.25, 0.3) is 0 Å². The summed E-state index contributed by atoms with van der Waals surface area (Å²) in [5, 5.41) is 4.07. The molecule has 2 rings (SSSR count). The molecule has 2 aromatic carbocycles. The van der Waals surface area contributed by atoms with E-state index in [2.05, 4.69) is 17.4 Å². The Morgan fingerprint density at radius 1 is 1.00 bits per heavy atom. The highest BCUT2D eigenvalue weighted by atomic mass is 35.5. The fourth-order valence-corrected chi connectivity index (χ4v) is 1.92. The van der Waals surface area contributed by atoms with E-state index < -0.39 is 0 Å². The Morgan fingerprint density at radius 3 is 2.29 bits per heavy atom. The first kappa shape index (κ1) is 12.0. The molecular formula is C14H15ClN2. The molecule has 0 saturated carbocycles. The van der Waals surface area contributed by atoms with Gasteiger partial charge < -0.3 is 11.1 Å². The van der Waals surface area contributed by atoms with Crippen molar-refractivity contribution in [2.75, 3.05) is 11.9 Å². The number of halogens is 1. The third-order valence-corrected chi connectivity index (χ3v) is 2.97. The number of nitrogens with two attached hydrogens (primary N) is 1. The van der Waals surface area contributed by atoms with Gasteiger partial charge in [-0.2, -0.15) is 0 Å². The molecule has 0 fully saturated rings. The Balaban J connectivity index is 2.19. The van der Waals surface area contributed by atoms with Crippen molar-refractivity contribution in [1.29, 1.82) is 0 Å². The van der Waals surface area contributed by atoms with Crippen LogP contribution in [0.2, 0.25) is 5.02 Å². The Labute approximate surface area is 106 Å². The standard InChI is InChI=1S/C14H15ClN2/c15-12-8-4-5-9-13(12)17-14(10-16)11-6-2-1-3-7-11/h1-9,14,17H,10,16H2. The van der Waals surface area contributed by atoms with Crippen molar-refractivity contribution < 1.29 is 0 Å². The predicted molar refractivity (Wildman–Crippen MR) is 73.3 cm³/mol. The summed E-state index contributed by atoms with van der Waals surface area (Å²) in [5.74, 6) is 0. The van der Waals surface area contributed by atoms with Crippen LogP contribution >= 0.6 is 11.6 Å². The molecule has 0 aliphatic carbocycles. The summed E-state index contributed by atoms with van der Waals surface area (Å²) in [4.78, 5) is 0. The molecule has 1 unspecified atom stereocenters. The van der Waals surface area contributed by atoms with Crippen molar-refractivity contribution >= 4 is 17.3 Å². The summed E-state index contributed by atoms with van der Waals surface area (Å²) in [6.07, 6.45) is 0. The first-order valence-corrected chi connectivity index (χ1v) is 5.95. The number of nitrogens with one attached hydrogen (secondary N) is 1. The molecule has 0 saturated heterocycles. The minimum atomic E-state index is 0.0797. The van der Waals surface area contributed by atoms with E-state index in [1.54, 1.807) is 0 Å². The summed E-state index contributed by atoms with van der Waals surface area (Å²) in [6.45, 7) is 0.523. The van der Waals surface area contributed by atoms with Crippen molar-refractivity contribution in [2.45, 2.75) is 6.04 Å². The van der Waals surface area contributed by atoms with Gasteiger partial charge in [-0.1, -0.05) is 54.1 Å². The molecular weight excluding hydrogens is 232 g/mol. The maximum Gasteiger partial charge on any atom is 0.0637 e. The van der Waals surface area contributed by atoms with Gasteiger partial charge in [-0.25, -0.2) is 0 Å². The quantitative estimate of drug-likeness (QED) is 0.867. The maximum absolute atomic E-state index is 6.11.